The van der Waals surface area contributed by atoms with Crippen molar-refractivity contribution in [3.05, 3.63) is 0 Å². The Labute approximate surface area is 109 Å². The van der Waals surface area contributed by atoms with Gasteiger partial charge in [0.15, 0.2) is 0 Å². The average molecular weight is 250 g/mol. The Morgan fingerprint density at radius 3 is 2.11 bits per heavy atom. The number of piperazine rings is 1. The molecule has 100 valence electrons. The summed E-state index contributed by atoms with van der Waals surface area (Å²) in [7, 11) is 0. The van der Waals surface area contributed by atoms with Crippen molar-refractivity contribution in [2.45, 2.75) is 32.2 Å². The summed E-state index contributed by atoms with van der Waals surface area (Å²) in [5.41, 5.74) is 0. The normalized spacial score (nSPS) is 23.6. The van der Waals surface area contributed by atoms with E-state index in [-0.39, 0.29) is 12.1 Å². The minimum atomic E-state index is -0.0442. The first-order valence-corrected chi connectivity index (χ1v) is 6.90. The molecule has 2 fully saturated rings. The first kappa shape index (κ1) is 13.2. The summed E-state index contributed by atoms with van der Waals surface area (Å²) >= 11 is 0. The average Bonchev–Trinajstić information content (AvgIpc) is 2.47. The minimum absolute atomic E-state index is 0.0442. The van der Waals surface area contributed by atoms with Gasteiger partial charge < -0.3 is 9.80 Å². The molecule has 2 amide bonds. The molecule has 2 aliphatic rings. The maximum absolute atomic E-state index is 12.3. The van der Waals surface area contributed by atoms with Crippen molar-refractivity contribution in [2.24, 2.45) is 0 Å². The third-order valence-electron chi connectivity index (χ3n) is 3.95. The Kier molecular flexibility index (Phi) is 4.43. The summed E-state index contributed by atoms with van der Waals surface area (Å²) in [6.45, 7) is 6.87. The van der Waals surface area contributed by atoms with Gasteiger partial charge in [0.1, 0.15) is 0 Å². The van der Waals surface area contributed by atoms with Crippen molar-refractivity contribution in [3.8, 4) is 6.07 Å². The van der Waals surface area contributed by atoms with Gasteiger partial charge in [-0.15, -0.1) is 0 Å². The van der Waals surface area contributed by atoms with E-state index in [2.05, 4.69) is 11.0 Å². The SMILES string of the molecule is CC(C#N)N1CCN(C(=O)N2CCCCC2)CC1. The zero-order valence-corrected chi connectivity index (χ0v) is 11.1. The van der Waals surface area contributed by atoms with Crippen LogP contribution in [0.1, 0.15) is 26.2 Å². The van der Waals surface area contributed by atoms with E-state index in [9.17, 15) is 4.79 Å². The molecule has 0 radical (unpaired) electrons. The molecule has 2 aliphatic heterocycles. The minimum Gasteiger partial charge on any atom is -0.325 e. The van der Waals surface area contributed by atoms with Crippen LogP contribution in [0.15, 0.2) is 0 Å². The maximum atomic E-state index is 12.3. The van der Waals surface area contributed by atoms with E-state index < -0.39 is 0 Å². The second-order valence-electron chi connectivity index (χ2n) is 5.16. The van der Waals surface area contributed by atoms with Gasteiger partial charge in [0, 0.05) is 39.3 Å². The lowest BCUT2D eigenvalue weighted by molar-refractivity contribution is 0.101. The third-order valence-corrected chi connectivity index (χ3v) is 3.95. The molecule has 2 saturated heterocycles. The number of nitriles is 1. The molecule has 18 heavy (non-hydrogen) atoms. The van der Waals surface area contributed by atoms with Crippen LogP contribution in [-0.4, -0.2) is 66.0 Å². The lowest BCUT2D eigenvalue weighted by Crippen LogP contribution is -2.55. The number of carbonyl (C=O) groups excluding carboxylic acids is 1. The molecule has 1 unspecified atom stereocenters. The molecule has 0 aromatic rings. The van der Waals surface area contributed by atoms with E-state index in [1.54, 1.807) is 0 Å². The van der Waals surface area contributed by atoms with Crippen LogP contribution < -0.4 is 0 Å². The zero-order chi connectivity index (χ0) is 13.0. The summed E-state index contributed by atoms with van der Waals surface area (Å²) in [4.78, 5) is 18.3. The molecule has 1 atom stereocenters. The van der Waals surface area contributed by atoms with E-state index in [4.69, 9.17) is 5.26 Å². The van der Waals surface area contributed by atoms with Crippen LogP contribution >= 0.6 is 0 Å². The van der Waals surface area contributed by atoms with Gasteiger partial charge in [0.2, 0.25) is 0 Å². The fourth-order valence-corrected chi connectivity index (χ4v) is 2.67. The molecule has 0 saturated carbocycles. The predicted octanol–water partition coefficient (Wildman–Crippen LogP) is 1.12. The van der Waals surface area contributed by atoms with Crippen molar-refractivity contribution < 1.29 is 4.79 Å². The third kappa shape index (κ3) is 2.94. The van der Waals surface area contributed by atoms with E-state index in [1.165, 1.54) is 6.42 Å². The first-order chi connectivity index (χ1) is 8.72. The van der Waals surface area contributed by atoms with Crippen molar-refractivity contribution in [1.82, 2.24) is 14.7 Å². The highest BCUT2D eigenvalue weighted by Gasteiger charge is 2.27. The first-order valence-electron chi connectivity index (χ1n) is 6.90. The van der Waals surface area contributed by atoms with Gasteiger partial charge in [-0.1, -0.05) is 0 Å². The van der Waals surface area contributed by atoms with Crippen molar-refractivity contribution >= 4 is 6.03 Å². The summed E-state index contributed by atoms with van der Waals surface area (Å²) < 4.78 is 0. The number of rotatable bonds is 1. The monoisotopic (exact) mass is 250 g/mol. The fraction of sp³-hybridized carbons (Fsp3) is 0.846. The molecule has 5 heteroatoms. The molecule has 0 N–H and O–H groups in total. The molecule has 0 bridgehead atoms. The zero-order valence-electron chi connectivity index (χ0n) is 11.1. The quantitative estimate of drug-likeness (QED) is 0.701. The molecular weight excluding hydrogens is 228 g/mol. The topological polar surface area (TPSA) is 50.6 Å². The van der Waals surface area contributed by atoms with Gasteiger partial charge in [0.05, 0.1) is 12.1 Å². The second-order valence-corrected chi connectivity index (χ2v) is 5.16. The molecule has 2 heterocycles. The lowest BCUT2D eigenvalue weighted by atomic mass is 10.1. The van der Waals surface area contributed by atoms with E-state index >= 15 is 0 Å². The summed E-state index contributed by atoms with van der Waals surface area (Å²) in [6.07, 6.45) is 3.52. The molecule has 5 nitrogen and oxygen atoms in total. The largest absolute Gasteiger partial charge is 0.325 e. The molecule has 2 rings (SSSR count). The number of urea groups is 1. The van der Waals surface area contributed by atoms with E-state index in [1.807, 2.05) is 16.7 Å². The van der Waals surface area contributed by atoms with Crippen LogP contribution in [0.2, 0.25) is 0 Å². The number of amides is 2. The Morgan fingerprint density at radius 1 is 1.00 bits per heavy atom. The summed E-state index contributed by atoms with van der Waals surface area (Å²) in [6, 6.07) is 2.40. The summed E-state index contributed by atoms with van der Waals surface area (Å²) in [5, 5.41) is 8.89. The van der Waals surface area contributed by atoms with Crippen molar-refractivity contribution in [3.63, 3.8) is 0 Å². The van der Waals surface area contributed by atoms with E-state index in [0.29, 0.717) is 0 Å². The van der Waals surface area contributed by atoms with Crippen molar-refractivity contribution in [1.29, 1.82) is 5.26 Å². The van der Waals surface area contributed by atoms with Gasteiger partial charge in [-0.3, -0.25) is 4.90 Å². The van der Waals surface area contributed by atoms with Crippen LogP contribution in [-0.2, 0) is 0 Å². The molecule has 0 aliphatic carbocycles. The number of hydrogen-bond acceptors (Lipinski definition) is 3. The van der Waals surface area contributed by atoms with Crippen LogP contribution in [0.25, 0.3) is 0 Å². The van der Waals surface area contributed by atoms with Gasteiger partial charge in [-0.05, 0) is 26.2 Å². The highest BCUT2D eigenvalue weighted by molar-refractivity contribution is 5.74. The number of likely N-dealkylation sites (tertiary alicyclic amines) is 1. The lowest BCUT2D eigenvalue weighted by Gasteiger charge is -2.39. The van der Waals surface area contributed by atoms with Crippen LogP contribution in [0.3, 0.4) is 0 Å². The highest BCUT2D eigenvalue weighted by atomic mass is 16.2. The van der Waals surface area contributed by atoms with Crippen LogP contribution in [0, 0.1) is 11.3 Å². The van der Waals surface area contributed by atoms with Gasteiger partial charge in [-0.25, -0.2) is 4.79 Å². The van der Waals surface area contributed by atoms with Crippen LogP contribution in [0.4, 0.5) is 4.79 Å². The second kappa shape index (κ2) is 6.05. The van der Waals surface area contributed by atoms with Gasteiger partial charge >= 0.3 is 6.03 Å². The molecule has 0 spiro atoms. The number of piperidine rings is 1. The Hall–Kier alpha value is -1.28. The van der Waals surface area contributed by atoms with Gasteiger partial charge in [-0.2, -0.15) is 5.26 Å². The highest BCUT2D eigenvalue weighted by Crippen LogP contribution is 2.13. The number of nitrogens with zero attached hydrogens (tertiary/aromatic N) is 4. The fourth-order valence-electron chi connectivity index (χ4n) is 2.67. The predicted molar refractivity (Wildman–Crippen MR) is 69.0 cm³/mol. The molecule has 0 aromatic heterocycles. The van der Waals surface area contributed by atoms with Gasteiger partial charge in [0.25, 0.3) is 0 Å². The summed E-state index contributed by atoms with van der Waals surface area (Å²) in [5.74, 6) is 0. The van der Waals surface area contributed by atoms with Crippen molar-refractivity contribution in [2.75, 3.05) is 39.3 Å². The smallest absolute Gasteiger partial charge is 0.320 e. The molecule has 0 aromatic carbocycles. The Morgan fingerprint density at radius 2 is 1.56 bits per heavy atom. The van der Waals surface area contributed by atoms with E-state index in [0.717, 1.165) is 52.1 Å². The maximum Gasteiger partial charge on any atom is 0.320 e. The number of carbonyl (C=O) groups is 1. The number of hydrogen-bond donors (Lipinski definition) is 0. The Balaban J connectivity index is 1.82. The Bertz CT molecular complexity index is 324. The van der Waals surface area contributed by atoms with Crippen LogP contribution in [0.5, 0.6) is 0 Å². The standard InChI is InChI=1S/C13H22N4O/c1-12(11-14)15-7-9-17(10-8-15)13(18)16-5-3-2-4-6-16/h12H,2-10H2,1H3. The molecular formula is C13H22N4O.